The Morgan fingerprint density at radius 2 is 1.75 bits per heavy atom. The molecular formula is C22H27N5S. The second-order valence-electron chi connectivity index (χ2n) is 7.65. The van der Waals surface area contributed by atoms with Gasteiger partial charge in [0.15, 0.2) is 0 Å². The third kappa shape index (κ3) is 4.39. The molecule has 0 unspecified atom stereocenters. The van der Waals surface area contributed by atoms with Crippen molar-refractivity contribution in [2.45, 2.75) is 33.2 Å². The van der Waals surface area contributed by atoms with E-state index in [1.807, 2.05) is 6.07 Å². The summed E-state index contributed by atoms with van der Waals surface area (Å²) in [5.74, 6) is 2.35. The lowest BCUT2D eigenvalue weighted by atomic mass is 10.2. The number of rotatable bonds is 5. The van der Waals surface area contributed by atoms with Gasteiger partial charge in [0.05, 0.1) is 5.69 Å². The van der Waals surface area contributed by atoms with Crippen LogP contribution in [0.2, 0.25) is 0 Å². The second-order valence-corrected chi connectivity index (χ2v) is 8.51. The number of thiazole rings is 1. The molecule has 0 aliphatic carbocycles. The summed E-state index contributed by atoms with van der Waals surface area (Å²) in [6, 6.07) is 12.5. The molecule has 0 amide bonds. The molecule has 4 rings (SSSR count). The number of anilines is 1. The Balaban J connectivity index is 1.37. The second kappa shape index (κ2) is 8.37. The van der Waals surface area contributed by atoms with Crippen LogP contribution in [0.3, 0.4) is 0 Å². The number of aryl methyl sites for hydroxylation is 1. The van der Waals surface area contributed by atoms with Crippen LogP contribution in [-0.2, 0) is 6.54 Å². The van der Waals surface area contributed by atoms with E-state index in [0.717, 1.165) is 60.8 Å². The highest BCUT2D eigenvalue weighted by atomic mass is 32.1. The molecule has 5 nitrogen and oxygen atoms in total. The maximum atomic E-state index is 4.84. The molecule has 0 saturated carbocycles. The van der Waals surface area contributed by atoms with Gasteiger partial charge in [-0.25, -0.2) is 15.0 Å². The molecule has 0 spiro atoms. The number of benzene rings is 1. The minimum atomic E-state index is 0.350. The zero-order chi connectivity index (χ0) is 19.5. The van der Waals surface area contributed by atoms with Gasteiger partial charge < -0.3 is 4.90 Å². The average Bonchev–Trinajstić information content (AvgIpc) is 3.17. The third-order valence-corrected chi connectivity index (χ3v) is 5.97. The third-order valence-electron chi connectivity index (χ3n) is 5.03. The smallest absolute Gasteiger partial charge is 0.133 e. The van der Waals surface area contributed by atoms with Crippen molar-refractivity contribution in [1.82, 2.24) is 19.9 Å². The summed E-state index contributed by atoms with van der Waals surface area (Å²) in [6.07, 6.45) is 0. The number of piperazine rings is 1. The number of nitrogens with zero attached hydrogens (tertiary/aromatic N) is 5. The van der Waals surface area contributed by atoms with Crippen LogP contribution in [0.15, 0.2) is 41.8 Å². The Morgan fingerprint density at radius 1 is 1.00 bits per heavy atom. The van der Waals surface area contributed by atoms with Crippen LogP contribution in [0.25, 0.3) is 10.6 Å². The molecule has 1 aliphatic rings. The van der Waals surface area contributed by atoms with E-state index in [-0.39, 0.29) is 0 Å². The molecule has 0 bridgehead atoms. The van der Waals surface area contributed by atoms with Crippen LogP contribution in [0.5, 0.6) is 0 Å². The molecular weight excluding hydrogens is 366 g/mol. The summed E-state index contributed by atoms with van der Waals surface area (Å²) in [6.45, 7) is 11.3. The molecule has 146 valence electrons. The standard InChI is InChI=1S/C22H27N5S/c1-16(2)21-23-17(3)13-20(25-21)27-11-9-26(10-12-27)14-19-15-28-22(24-19)18-7-5-4-6-8-18/h4-8,13,15-16H,9-12,14H2,1-3H3. The van der Waals surface area contributed by atoms with Gasteiger partial charge in [-0.2, -0.15) is 0 Å². The van der Waals surface area contributed by atoms with Gasteiger partial charge in [0, 0.05) is 61.3 Å². The monoisotopic (exact) mass is 393 g/mol. The average molecular weight is 394 g/mol. The van der Waals surface area contributed by atoms with Crippen LogP contribution in [0, 0.1) is 6.92 Å². The van der Waals surface area contributed by atoms with Crippen molar-refractivity contribution >= 4 is 17.2 Å². The van der Waals surface area contributed by atoms with E-state index in [9.17, 15) is 0 Å². The highest BCUT2D eigenvalue weighted by Gasteiger charge is 2.20. The predicted molar refractivity (Wildman–Crippen MR) is 116 cm³/mol. The van der Waals surface area contributed by atoms with Crippen molar-refractivity contribution in [3.8, 4) is 10.6 Å². The van der Waals surface area contributed by atoms with Crippen molar-refractivity contribution in [3.05, 3.63) is 59.0 Å². The van der Waals surface area contributed by atoms with Gasteiger partial charge in [0.25, 0.3) is 0 Å². The fraction of sp³-hybridized carbons (Fsp3) is 0.409. The van der Waals surface area contributed by atoms with Crippen molar-refractivity contribution in [1.29, 1.82) is 0 Å². The van der Waals surface area contributed by atoms with Gasteiger partial charge in [0.2, 0.25) is 0 Å². The first-order chi connectivity index (χ1) is 13.6. The molecule has 28 heavy (non-hydrogen) atoms. The van der Waals surface area contributed by atoms with E-state index in [0.29, 0.717) is 5.92 Å². The van der Waals surface area contributed by atoms with Gasteiger partial charge in [-0.3, -0.25) is 4.90 Å². The molecule has 1 saturated heterocycles. The van der Waals surface area contributed by atoms with Crippen LogP contribution < -0.4 is 4.90 Å². The molecule has 1 aliphatic heterocycles. The van der Waals surface area contributed by atoms with Crippen molar-refractivity contribution in [3.63, 3.8) is 0 Å². The number of hydrogen-bond donors (Lipinski definition) is 0. The van der Waals surface area contributed by atoms with E-state index in [2.05, 4.69) is 71.3 Å². The molecule has 3 aromatic rings. The largest absolute Gasteiger partial charge is 0.354 e. The van der Waals surface area contributed by atoms with Crippen LogP contribution >= 0.6 is 11.3 Å². The molecule has 0 N–H and O–H groups in total. The Morgan fingerprint density at radius 3 is 2.46 bits per heavy atom. The summed E-state index contributed by atoms with van der Waals surface area (Å²) in [7, 11) is 0. The summed E-state index contributed by atoms with van der Waals surface area (Å²) in [5, 5.41) is 3.30. The fourth-order valence-electron chi connectivity index (χ4n) is 3.45. The lowest BCUT2D eigenvalue weighted by Gasteiger charge is -2.35. The maximum absolute atomic E-state index is 4.84. The predicted octanol–water partition coefficient (Wildman–Crippen LogP) is 4.35. The SMILES string of the molecule is Cc1cc(N2CCN(Cc3csc(-c4ccccc4)n3)CC2)nc(C(C)C)n1. The van der Waals surface area contributed by atoms with Gasteiger partial charge in [-0.05, 0) is 6.92 Å². The summed E-state index contributed by atoms with van der Waals surface area (Å²) in [5.41, 5.74) is 3.41. The van der Waals surface area contributed by atoms with Gasteiger partial charge in [-0.1, -0.05) is 44.2 Å². The van der Waals surface area contributed by atoms with Gasteiger partial charge in [-0.15, -0.1) is 11.3 Å². The van der Waals surface area contributed by atoms with E-state index in [4.69, 9.17) is 9.97 Å². The molecule has 1 fully saturated rings. The first-order valence-electron chi connectivity index (χ1n) is 9.91. The highest BCUT2D eigenvalue weighted by molar-refractivity contribution is 7.13. The van der Waals surface area contributed by atoms with Crippen molar-refractivity contribution < 1.29 is 0 Å². The van der Waals surface area contributed by atoms with Crippen molar-refractivity contribution in [2.24, 2.45) is 0 Å². The molecule has 2 aromatic heterocycles. The lowest BCUT2D eigenvalue weighted by Crippen LogP contribution is -2.46. The zero-order valence-electron chi connectivity index (χ0n) is 16.8. The summed E-state index contributed by atoms with van der Waals surface area (Å²) >= 11 is 1.73. The fourth-order valence-corrected chi connectivity index (χ4v) is 4.27. The normalized spacial score (nSPS) is 15.4. The van der Waals surface area contributed by atoms with E-state index >= 15 is 0 Å². The minimum absolute atomic E-state index is 0.350. The Hall–Kier alpha value is -2.31. The first-order valence-corrected chi connectivity index (χ1v) is 10.8. The van der Waals surface area contributed by atoms with Crippen LogP contribution in [0.4, 0.5) is 5.82 Å². The Kier molecular flexibility index (Phi) is 5.69. The maximum Gasteiger partial charge on any atom is 0.133 e. The molecule has 6 heteroatoms. The summed E-state index contributed by atoms with van der Waals surface area (Å²) < 4.78 is 0. The quantitative estimate of drug-likeness (QED) is 0.645. The van der Waals surface area contributed by atoms with Crippen LogP contribution in [0.1, 0.15) is 37.0 Å². The molecule has 0 radical (unpaired) electrons. The van der Waals surface area contributed by atoms with Crippen LogP contribution in [-0.4, -0.2) is 46.0 Å². The molecule has 1 aromatic carbocycles. The molecule has 3 heterocycles. The van der Waals surface area contributed by atoms with E-state index in [1.54, 1.807) is 11.3 Å². The highest BCUT2D eigenvalue weighted by Crippen LogP contribution is 2.24. The topological polar surface area (TPSA) is 45.2 Å². The molecule has 0 atom stereocenters. The first kappa shape index (κ1) is 19.0. The Bertz CT molecular complexity index is 914. The Labute approximate surface area is 171 Å². The summed E-state index contributed by atoms with van der Waals surface area (Å²) in [4.78, 5) is 19.1. The number of hydrogen-bond acceptors (Lipinski definition) is 6. The van der Waals surface area contributed by atoms with Gasteiger partial charge in [0.1, 0.15) is 16.6 Å². The minimum Gasteiger partial charge on any atom is -0.354 e. The number of aromatic nitrogens is 3. The lowest BCUT2D eigenvalue weighted by molar-refractivity contribution is 0.247. The van der Waals surface area contributed by atoms with E-state index < -0.39 is 0 Å². The van der Waals surface area contributed by atoms with E-state index in [1.165, 1.54) is 5.56 Å². The van der Waals surface area contributed by atoms with Gasteiger partial charge >= 0.3 is 0 Å². The van der Waals surface area contributed by atoms with Crippen molar-refractivity contribution in [2.75, 3.05) is 31.1 Å². The zero-order valence-corrected chi connectivity index (χ0v) is 17.6.